The van der Waals surface area contributed by atoms with Gasteiger partial charge in [0.1, 0.15) is 11.1 Å². The van der Waals surface area contributed by atoms with Crippen LogP contribution < -0.4 is 0 Å². The van der Waals surface area contributed by atoms with Crippen molar-refractivity contribution < 1.29 is 9.90 Å². The third-order valence-corrected chi connectivity index (χ3v) is 3.17. The molecule has 0 aliphatic heterocycles. The van der Waals surface area contributed by atoms with Gasteiger partial charge >= 0.3 is 5.97 Å². The molecule has 6 heteroatoms. The van der Waals surface area contributed by atoms with Crippen molar-refractivity contribution in [2.75, 3.05) is 0 Å². The number of aromatic nitrogens is 2. The van der Waals surface area contributed by atoms with E-state index in [0.29, 0.717) is 5.03 Å². The molecule has 0 amide bonds. The van der Waals surface area contributed by atoms with Crippen LogP contribution in [0.5, 0.6) is 0 Å². The highest BCUT2D eigenvalue weighted by Gasteiger charge is 2.03. The lowest BCUT2D eigenvalue weighted by Gasteiger charge is -2.02. The first kappa shape index (κ1) is 13.1. The Morgan fingerprint density at radius 2 is 2.00 bits per heavy atom. The molecule has 19 heavy (non-hydrogen) atoms. The molecule has 0 aliphatic rings. The summed E-state index contributed by atoms with van der Waals surface area (Å²) in [7, 11) is 0. The van der Waals surface area contributed by atoms with E-state index in [1.165, 1.54) is 24.2 Å². The Bertz CT molecular complexity index is 618. The van der Waals surface area contributed by atoms with Gasteiger partial charge in [-0.1, -0.05) is 23.9 Å². The summed E-state index contributed by atoms with van der Waals surface area (Å²) in [6.45, 7) is 0. The molecule has 1 aromatic heterocycles. The fourth-order valence-electron chi connectivity index (χ4n) is 1.40. The second-order valence-electron chi connectivity index (χ2n) is 3.67. The Labute approximate surface area is 113 Å². The van der Waals surface area contributed by atoms with Gasteiger partial charge in [0.05, 0.1) is 18.8 Å². The van der Waals surface area contributed by atoms with Gasteiger partial charge in [0.25, 0.3) is 0 Å². The van der Waals surface area contributed by atoms with Crippen molar-refractivity contribution in [2.45, 2.75) is 16.3 Å². The van der Waals surface area contributed by atoms with Crippen molar-refractivity contribution in [2.24, 2.45) is 0 Å². The Morgan fingerprint density at radius 1 is 1.26 bits per heavy atom. The highest BCUT2D eigenvalue weighted by molar-refractivity contribution is 7.99. The van der Waals surface area contributed by atoms with Gasteiger partial charge in [0.2, 0.25) is 0 Å². The number of carboxylic acid groups (broad SMARTS) is 1. The maximum absolute atomic E-state index is 10.6. The Morgan fingerprint density at radius 3 is 2.53 bits per heavy atom. The van der Waals surface area contributed by atoms with E-state index in [2.05, 4.69) is 9.97 Å². The van der Waals surface area contributed by atoms with Crippen LogP contribution in [0, 0.1) is 11.3 Å². The third-order valence-electron chi connectivity index (χ3n) is 2.24. The van der Waals surface area contributed by atoms with Crippen molar-refractivity contribution in [3.05, 3.63) is 47.9 Å². The van der Waals surface area contributed by atoms with Crippen molar-refractivity contribution in [3.8, 4) is 6.07 Å². The average Bonchev–Trinajstić information content (AvgIpc) is 2.41. The minimum absolute atomic E-state index is 0.0155. The first-order valence-electron chi connectivity index (χ1n) is 5.38. The van der Waals surface area contributed by atoms with Crippen molar-refractivity contribution in [1.29, 1.82) is 5.26 Å². The van der Waals surface area contributed by atoms with Gasteiger partial charge in [-0.3, -0.25) is 4.79 Å². The first-order chi connectivity index (χ1) is 9.17. The van der Waals surface area contributed by atoms with Gasteiger partial charge in [0, 0.05) is 4.90 Å². The van der Waals surface area contributed by atoms with E-state index in [0.717, 1.165) is 10.5 Å². The van der Waals surface area contributed by atoms with Crippen LogP contribution in [0.2, 0.25) is 0 Å². The molecule has 1 heterocycles. The van der Waals surface area contributed by atoms with Gasteiger partial charge < -0.3 is 5.11 Å². The molecular weight excluding hydrogens is 262 g/mol. The number of hydrogen-bond acceptors (Lipinski definition) is 5. The van der Waals surface area contributed by atoms with Crippen molar-refractivity contribution in [3.63, 3.8) is 0 Å². The summed E-state index contributed by atoms with van der Waals surface area (Å²) >= 11 is 1.40. The van der Waals surface area contributed by atoms with Gasteiger partial charge in [-0.2, -0.15) is 5.26 Å². The second kappa shape index (κ2) is 5.98. The van der Waals surface area contributed by atoms with E-state index in [1.54, 1.807) is 12.1 Å². The lowest BCUT2D eigenvalue weighted by Crippen LogP contribution is -1.99. The fourth-order valence-corrected chi connectivity index (χ4v) is 2.12. The highest BCUT2D eigenvalue weighted by Crippen LogP contribution is 2.25. The van der Waals surface area contributed by atoms with Crippen LogP contribution in [0.1, 0.15) is 11.3 Å². The normalized spacial score (nSPS) is 9.84. The number of rotatable bonds is 4. The Balaban J connectivity index is 2.06. The van der Waals surface area contributed by atoms with Gasteiger partial charge in [-0.15, -0.1) is 0 Å². The van der Waals surface area contributed by atoms with Crippen LogP contribution in [0.25, 0.3) is 0 Å². The van der Waals surface area contributed by atoms with Crippen molar-refractivity contribution in [1.82, 2.24) is 9.97 Å². The Hall–Kier alpha value is -2.39. The summed E-state index contributed by atoms with van der Waals surface area (Å²) in [5.74, 6) is -0.849. The van der Waals surface area contributed by atoms with E-state index < -0.39 is 5.97 Å². The molecule has 0 saturated heterocycles. The van der Waals surface area contributed by atoms with Gasteiger partial charge in [0.15, 0.2) is 5.69 Å². The largest absolute Gasteiger partial charge is 0.481 e. The number of carbonyl (C=O) groups is 1. The number of aliphatic carboxylic acids is 1. The number of nitriles is 1. The lowest BCUT2D eigenvalue weighted by atomic mass is 10.2. The predicted octanol–water partition coefficient (Wildman–Crippen LogP) is 2.13. The quantitative estimate of drug-likeness (QED) is 0.916. The molecule has 0 bridgehead atoms. The standard InChI is InChI=1S/C13H9N3O2S/c14-6-10-7-16-12(8-15-10)19-11-3-1-9(2-4-11)5-13(17)18/h1-4,7-8H,5H2,(H,17,18). The smallest absolute Gasteiger partial charge is 0.307 e. The minimum atomic E-state index is -0.849. The topological polar surface area (TPSA) is 86.9 Å². The van der Waals surface area contributed by atoms with Crippen LogP contribution in [0.3, 0.4) is 0 Å². The van der Waals surface area contributed by atoms with Crippen LogP contribution in [-0.2, 0) is 11.2 Å². The van der Waals surface area contributed by atoms with Gasteiger partial charge in [-0.25, -0.2) is 9.97 Å². The van der Waals surface area contributed by atoms with Crippen LogP contribution in [0.4, 0.5) is 0 Å². The lowest BCUT2D eigenvalue weighted by molar-refractivity contribution is -0.136. The maximum atomic E-state index is 10.6. The fraction of sp³-hybridized carbons (Fsp3) is 0.0769. The zero-order valence-electron chi connectivity index (χ0n) is 9.78. The van der Waals surface area contributed by atoms with E-state index in [9.17, 15) is 4.79 Å². The van der Waals surface area contributed by atoms with Crippen molar-refractivity contribution >= 4 is 17.7 Å². The molecule has 2 rings (SSSR count). The van der Waals surface area contributed by atoms with Crippen LogP contribution in [-0.4, -0.2) is 21.0 Å². The zero-order chi connectivity index (χ0) is 13.7. The van der Waals surface area contributed by atoms with E-state index in [1.807, 2.05) is 18.2 Å². The summed E-state index contributed by atoms with van der Waals surface area (Å²) in [6.07, 6.45) is 2.97. The summed E-state index contributed by atoms with van der Waals surface area (Å²) < 4.78 is 0. The monoisotopic (exact) mass is 271 g/mol. The second-order valence-corrected chi connectivity index (χ2v) is 4.76. The molecule has 2 aromatic rings. The molecule has 0 radical (unpaired) electrons. The third kappa shape index (κ3) is 3.79. The molecule has 0 unspecified atom stereocenters. The SMILES string of the molecule is N#Cc1cnc(Sc2ccc(CC(=O)O)cc2)cn1. The van der Waals surface area contributed by atoms with E-state index in [4.69, 9.17) is 10.4 Å². The maximum Gasteiger partial charge on any atom is 0.307 e. The molecule has 0 atom stereocenters. The first-order valence-corrected chi connectivity index (χ1v) is 6.20. The number of nitrogens with zero attached hydrogens (tertiary/aromatic N) is 3. The molecule has 0 saturated carbocycles. The zero-order valence-corrected chi connectivity index (χ0v) is 10.6. The van der Waals surface area contributed by atoms with E-state index >= 15 is 0 Å². The number of hydrogen-bond donors (Lipinski definition) is 1. The molecular formula is C13H9N3O2S. The molecule has 5 nitrogen and oxygen atoms in total. The average molecular weight is 271 g/mol. The predicted molar refractivity (Wildman–Crippen MR) is 68.7 cm³/mol. The molecule has 1 N–H and O–H groups in total. The molecule has 0 spiro atoms. The summed E-state index contributed by atoms with van der Waals surface area (Å²) in [5.41, 5.74) is 1.03. The number of benzene rings is 1. The summed E-state index contributed by atoms with van der Waals surface area (Å²) in [6, 6.07) is 9.12. The molecule has 0 aliphatic carbocycles. The minimum Gasteiger partial charge on any atom is -0.481 e. The van der Waals surface area contributed by atoms with Crippen LogP contribution in [0.15, 0.2) is 46.6 Å². The molecule has 0 fully saturated rings. The molecule has 1 aromatic carbocycles. The summed E-state index contributed by atoms with van der Waals surface area (Å²) in [5, 5.41) is 18.0. The number of carboxylic acids is 1. The molecule has 94 valence electrons. The van der Waals surface area contributed by atoms with Crippen LogP contribution >= 0.6 is 11.8 Å². The highest BCUT2D eigenvalue weighted by atomic mass is 32.2. The van der Waals surface area contributed by atoms with Gasteiger partial charge in [-0.05, 0) is 17.7 Å². The Kier molecular flexibility index (Phi) is 4.11. The van der Waals surface area contributed by atoms with E-state index in [-0.39, 0.29) is 12.1 Å². The summed E-state index contributed by atoms with van der Waals surface area (Å²) in [4.78, 5) is 19.5.